The molecule has 1 saturated heterocycles. The number of epoxide rings is 1. The first-order chi connectivity index (χ1) is 11.9. The Morgan fingerprint density at radius 2 is 2.08 bits per heavy atom. The Hall–Kier alpha value is -1.39. The lowest BCUT2D eigenvalue weighted by Crippen LogP contribution is -2.13. The number of rotatable bonds is 1. The highest BCUT2D eigenvalue weighted by molar-refractivity contribution is 5.88. The van der Waals surface area contributed by atoms with Gasteiger partial charge in [-0.3, -0.25) is 0 Å². The third-order valence-corrected chi connectivity index (χ3v) is 5.79. The monoisotopic (exact) mass is 346 g/mol. The molecule has 2 heterocycles. The molecular weight excluding hydrogens is 316 g/mol. The number of esters is 1. The summed E-state index contributed by atoms with van der Waals surface area (Å²) >= 11 is 0. The second kappa shape index (κ2) is 7.46. The Balaban J connectivity index is 1.82. The van der Waals surface area contributed by atoms with Crippen LogP contribution < -0.4 is 0 Å². The zero-order valence-corrected chi connectivity index (χ0v) is 15.9. The zero-order valence-electron chi connectivity index (χ0n) is 15.9. The number of carbonyl (C=O) groups excluding carboxylic acids is 1. The quantitative estimate of drug-likeness (QED) is 0.404. The van der Waals surface area contributed by atoms with Crippen molar-refractivity contribution in [1.29, 1.82) is 0 Å². The van der Waals surface area contributed by atoms with E-state index in [9.17, 15) is 4.79 Å². The second-order valence-electron chi connectivity index (χ2n) is 7.77. The van der Waals surface area contributed by atoms with Crippen molar-refractivity contribution in [3.63, 3.8) is 0 Å². The van der Waals surface area contributed by atoms with E-state index < -0.39 is 0 Å². The van der Waals surface area contributed by atoms with Crippen LogP contribution in [0, 0.1) is 0 Å². The molecule has 3 atom stereocenters. The molecule has 0 aromatic rings. The number of methoxy groups -OCH3 is 1. The van der Waals surface area contributed by atoms with Crippen molar-refractivity contribution in [3.05, 3.63) is 34.4 Å². The van der Waals surface area contributed by atoms with Crippen molar-refractivity contribution < 1.29 is 19.0 Å². The maximum absolute atomic E-state index is 12.1. The van der Waals surface area contributed by atoms with Crippen LogP contribution in [0.5, 0.6) is 0 Å². The van der Waals surface area contributed by atoms with Crippen LogP contribution in [-0.2, 0) is 19.0 Å². The van der Waals surface area contributed by atoms with Gasteiger partial charge < -0.3 is 14.2 Å². The summed E-state index contributed by atoms with van der Waals surface area (Å²) in [5, 5.41) is 0. The minimum absolute atomic E-state index is 0.0341. The maximum atomic E-state index is 12.1. The molecule has 3 aliphatic rings. The van der Waals surface area contributed by atoms with Gasteiger partial charge in [-0.25, -0.2) is 4.79 Å². The van der Waals surface area contributed by atoms with Crippen molar-refractivity contribution >= 4 is 5.97 Å². The van der Waals surface area contributed by atoms with Gasteiger partial charge in [-0.2, -0.15) is 0 Å². The Kier molecular flexibility index (Phi) is 5.49. The molecular formula is C21H30O4. The van der Waals surface area contributed by atoms with Gasteiger partial charge in [-0.1, -0.05) is 17.7 Å². The van der Waals surface area contributed by atoms with E-state index in [0.29, 0.717) is 19.1 Å². The maximum Gasteiger partial charge on any atom is 0.333 e. The third kappa shape index (κ3) is 4.24. The predicted octanol–water partition coefficient (Wildman–Crippen LogP) is 4.26. The van der Waals surface area contributed by atoms with E-state index in [1.165, 1.54) is 23.8 Å². The van der Waals surface area contributed by atoms with Gasteiger partial charge >= 0.3 is 5.97 Å². The van der Waals surface area contributed by atoms with Crippen LogP contribution in [0.25, 0.3) is 0 Å². The highest BCUT2D eigenvalue weighted by Gasteiger charge is 2.50. The lowest BCUT2D eigenvalue weighted by atomic mass is 9.92. The number of hydrogen-bond acceptors (Lipinski definition) is 4. The number of hydrogen-bond donors (Lipinski definition) is 0. The molecule has 4 heteroatoms. The average molecular weight is 346 g/mol. The molecule has 0 aromatic carbocycles. The minimum Gasteiger partial charge on any atom is -0.466 e. The van der Waals surface area contributed by atoms with E-state index in [1.807, 2.05) is 6.08 Å². The molecule has 0 amide bonds. The van der Waals surface area contributed by atoms with Gasteiger partial charge in [-0.15, -0.1) is 0 Å². The first-order valence-corrected chi connectivity index (χ1v) is 9.35. The van der Waals surface area contributed by atoms with Crippen LogP contribution in [0.2, 0.25) is 0 Å². The van der Waals surface area contributed by atoms with Crippen LogP contribution >= 0.6 is 0 Å². The molecule has 4 nitrogen and oxygen atoms in total. The summed E-state index contributed by atoms with van der Waals surface area (Å²) in [5.41, 5.74) is 4.71. The lowest BCUT2D eigenvalue weighted by Gasteiger charge is -2.15. The van der Waals surface area contributed by atoms with E-state index >= 15 is 0 Å². The fourth-order valence-corrected chi connectivity index (χ4v) is 3.95. The van der Waals surface area contributed by atoms with Crippen LogP contribution in [0.1, 0.15) is 59.3 Å². The molecule has 138 valence electrons. The SMILES string of the molecule is COC(=O)/C1=C/CC[C@]2(C)O[C@H]2CC/C(C)=C/[C@@H]2OCC(C)=C2CC1. The summed E-state index contributed by atoms with van der Waals surface area (Å²) in [6, 6.07) is 0. The topological polar surface area (TPSA) is 48.1 Å². The zero-order chi connectivity index (χ0) is 18.0. The fourth-order valence-electron chi connectivity index (χ4n) is 3.95. The summed E-state index contributed by atoms with van der Waals surface area (Å²) in [5.74, 6) is -0.217. The summed E-state index contributed by atoms with van der Waals surface area (Å²) in [6.07, 6.45) is 10.1. The highest BCUT2D eigenvalue weighted by atomic mass is 16.6. The Labute approximate surface area is 150 Å². The molecule has 0 radical (unpaired) electrons. The van der Waals surface area contributed by atoms with Gasteiger partial charge in [0, 0.05) is 5.57 Å². The summed E-state index contributed by atoms with van der Waals surface area (Å²) < 4.78 is 16.9. The summed E-state index contributed by atoms with van der Waals surface area (Å²) in [6.45, 7) is 7.18. The van der Waals surface area contributed by atoms with Crippen molar-refractivity contribution in [3.8, 4) is 0 Å². The molecule has 0 spiro atoms. The van der Waals surface area contributed by atoms with Gasteiger partial charge in [-0.05, 0) is 70.4 Å². The molecule has 1 aliphatic carbocycles. The fraction of sp³-hybridized carbons (Fsp3) is 0.667. The van der Waals surface area contributed by atoms with Crippen LogP contribution in [0.4, 0.5) is 0 Å². The average Bonchev–Trinajstić information content (AvgIpc) is 3.11. The van der Waals surface area contributed by atoms with Crippen molar-refractivity contribution in [2.75, 3.05) is 13.7 Å². The normalized spacial score (nSPS) is 37.8. The van der Waals surface area contributed by atoms with E-state index in [4.69, 9.17) is 14.2 Å². The minimum atomic E-state index is -0.217. The molecule has 1 fully saturated rings. The van der Waals surface area contributed by atoms with E-state index in [0.717, 1.165) is 37.7 Å². The number of allylic oxidation sites excluding steroid dienone is 2. The number of fused-ring (bicyclic) bond motifs is 2. The molecule has 0 bridgehead atoms. The van der Waals surface area contributed by atoms with Crippen LogP contribution in [0.3, 0.4) is 0 Å². The van der Waals surface area contributed by atoms with E-state index in [2.05, 4.69) is 26.8 Å². The first kappa shape index (κ1) is 18.4. The van der Waals surface area contributed by atoms with Gasteiger partial charge in [0.1, 0.15) is 0 Å². The van der Waals surface area contributed by atoms with Gasteiger partial charge in [0.25, 0.3) is 0 Å². The van der Waals surface area contributed by atoms with Gasteiger partial charge in [0.15, 0.2) is 0 Å². The largest absolute Gasteiger partial charge is 0.466 e. The standard InChI is InChI=1S/C21H30O4/c1-14-7-10-19-21(3,25-19)11-5-6-16(20(22)23-4)8-9-17-15(2)13-24-18(17)12-14/h6,12,18-19H,5,7-11,13H2,1-4H3/b14-12+,16-6+/t18-,19-,21-/m0/s1. The predicted molar refractivity (Wildman–Crippen MR) is 97.3 cm³/mol. The first-order valence-electron chi connectivity index (χ1n) is 9.35. The van der Waals surface area contributed by atoms with Gasteiger partial charge in [0.2, 0.25) is 0 Å². The van der Waals surface area contributed by atoms with Gasteiger partial charge in [0.05, 0.1) is 31.5 Å². The van der Waals surface area contributed by atoms with Crippen molar-refractivity contribution in [2.24, 2.45) is 0 Å². The molecule has 0 saturated carbocycles. The second-order valence-corrected chi connectivity index (χ2v) is 7.77. The lowest BCUT2D eigenvalue weighted by molar-refractivity contribution is -0.136. The molecule has 0 aromatic heterocycles. The molecule has 0 unspecified atom stereocenters. The number of carbonyl (C=O) groups is 1. The summed E-state index contributed by atoms with van der Waals surface area (Å²) in [4.78, 5) is 12.1. The third-order valence-electron chi connectivity index (χ3n) is 5.79. The highest BCUT2D eigenvalue weighted by Crippen LogP contribution is 2.44. The molecule has 25 heavy (non-hydrogen) atoms. The molecule has 3 rings (SSSR count). The van der Waals surface area contributed by atoms with Crippen LogP contribution in [-0.4, -0.2) is 37.5 Å². The Bertz CT molecular complexity index is 628. The van der Waals surface area contributed by atoms with Crippen LogP contribution in [0.15, 0.2) is 34.4 Å². The van der Waals surface area contributed by atoms with E-state index in [1.54, 1.807) is 0 Å². The van der Waals surface area contributed by atoms with E-state index in [-0.39, 0.29) is 17.7 Å². The molecule has 2 aliphatic heterocycles. The van der Waals surface area contributed by atoms with Crippen molar-refractivity contribution in [2.45, 2.75) is 77.1 Å². The summed E-state index contributed by atoms with van der Waals surface area (Å²) in [7, 11) is 1.45. The molecule has 0 N–H and O–H groups in total. The Morgan fingerprint density at radius 3 is 2.84 bits per heavy atom. The van der Waals surface area contributed by atoms with Crippen molar-refractivity contribution in [1.82, 2.24) is 0 Å². The smallest absolute Gasteiger partial charge is 0.333 e. The number of ether oxygens (including phenoxy) is 3. The Morgan fingerprint density at radius 1 is 1.28 bits per heavy atom.